The summed E-state index contributed by atoms with van der Waals surface area (Å²) in [5.41, 5.74) is 0.486. The van der Waals surface area contributed by atoms with Crippen LogP contribution in [0.3, 0.4) is 0 Å². The Balaban J connectivity index is 1.84. The zero-order chi connectivity index (χ0) is 19.3. The number of anilines is 1. The summed E-state index contributed by atoms with van der Waals surface area (Å²) in [6.07, 6.45) is 1.33. The van der Waals surface area contributed by atoms with Crippen LogP contribution in [-0.2, 0) is 31.4 Å². The number of esters is 1. The maximum Gasteiger partial charge on any atom is 0.321 e. The third-order valence-electron chi connectivity index (χ3n) is 3.19. The number of ether oxygens (including phenoxy) is 1. The molecule has 0 aliphatic carbocycles. The zero-order valence-corrected chi connectivity index (χ0v) is 15.5. The van der Waals surface area contributed by atoms with E-state index in [1.54, 1.807) is 31.3 Å². The predicted octanol–water partition coefficient (Wildman–Crippen LogP) is 0.922. The Morgan fingerprint density at radius 3 is 2.54 bits per heavy atom. The number of carbonyl (C=O) groups is 2. The number of nitrogens with zero attached hydrogens (tertiary/aromatic N) is 2. The van der Waals surface area contributed by atoms with Gasteiger partial charge in [-0.3, -0.25) is 14.3 Å². The molecule has 1 unspecified atom stereocenters. The van der Waals surface area contributed by atoms with Crippen LogP contribution in [-0.4, -0.2) is 42.7 Å². The van der Waals surface area contributed by atoms with Gasteiger partial charge in [0.05, 0.1) is 6.20 Å². The van der Waals surface area contributed by atoms with E-state index in [0.717, 1.165) is 6.20 Å². The molecule has 2 rings (SSSR count). The topological polar surface area (TPSA) is 119 Å². The monoisotopic (exact) mass is 400 g/mol. The van der Waals surface area contributed by atoms with E-state index in [-0.39, 0.29) is 4.90 Å². The molecule has 11 heteroatoms. The van der Waals surface area contributed by atoms with Crippen molar-refractivity contribution in [3.8, 4) is 0 Å². The SMILES string of the molecule is CC(OC(=O)CNS(=O)(=O)c1cnn(C)c1)C(=O)Nc1ccc(Cl)cc1. The number of carbonyl (C=O) groups excluding carboxylic acids is 2. The molecule has 0 bridgehead atoms. The minimum absolute atomic E-state index is 0.0821. The first-order valence-corrected chi connectivity index (χ1v) is 9.28. The van der Waals surface area contributed by atoms with Crippen LogP contribution in [0.25, 0.3) is 0 Å². The van der Waals surface area contributed by atoms with Crippen molar-refractivity contribution < 1.29 is 22.7 Å². The summed E-state index contributed by atoms with van der Waals surface area (Å²) in [5.74, 6) is -1.45. The van der Waals surface area contributed by atoms with Crippen LogP contribution in [0.1, 0.15) is 6.92 Å². The molecule has 1 atom stereocenters. The summed E-state index contributed by atoms with van der Waals surface area (Å²) in [6, 6.07) is 6.38. The van der Waals surface area contributed by atoms with Crippen molar-refractivity contribution >= 4 is 39.2 Å². The summed E-state index contributed by atoms with van der Waals surface area (Å²) in [6.45, 7) is 0.758. The number of hydrogen-bond donors (Lipinski definition) is 2. The Bertz CT molecular complexity index is 895. The number of sulfonamides is 1. The van der Waals surface area contributed by atoms with Crippen molar-refractivity contribution in [2.75, 3.05) is 11.9 Å². The first-order valence-electron chi connectivity index (χ1n) is 7.41. The Hall–Kier alpha value is -2.43. The lowest BCUT2D eigenvalue weighted by atomic mass is 10.3. The number of benzene rings is 1. The van der Waals surface area contributed by atoms with Gasteiger partial charge in [0.2, 0.25) is 10.0 Å². The van der Waals surface area contributed by atoms with Crippen LogP contribution in [0.15, 0.2) is 41.6 Å². The normalized spacial score (nSPS) is 12.4. The lowest BCUT2D eigenvalue weighted by Gasteiger charge is -2.14. The number of rotatable bonds is 7. The largest absolute Gasteiger partial charge is 0.452 e. The molecular weight excluding hydrogens is 384 g/mol. The van der Waals surface area contributed by atoms with Crippen molar-refractivity contribution in [3.05, 3.63) is 41.7 Å². The first-order chi connectivity index (χ1) is 12.2. The van der Waals surface area contributed by atoms with Crippen LogP contribution in [0.4, 0.5) is 5.69 Å². The highest BCUT2D eigenvalue weighted by atomic mass is 35.5. The number of aromatic nitrogens is 2. The Morgan fingerprint density at radius 1 is 1.31 bits per heavy atom. The average molecular weight is 401 g/mol. The smallest absolute Gasteiger partial charge is 0.321 e. The van der Waals surface area contributed by atoms with Gasteiger partial charge in [-0.2, -0.15) is 9.82 Å². The summed E-state index contributed by atoms with van der Waals surface area (Å²) >= 11 is 5.75. The molecule has 1 heterocycles. The molecular formula is C15H17ClN4O5S. The second-order valence-electron chi connectivity index (χ2n) is 5.30. The maximum atomic E-state index is 12.0. The lowest BCUT2D eigenvalue weighted by Crippen LogP contribution is -2.35. The fraction of sp³-hybridized carbons (Fsp3) is 0.267. The van der Waals surface area contributed by atoms with Crippen molar-refractivity contribution in [2.45, 2.75) is 17.9 Å². The van der Waals surface area contributed by atoms with Crippen LogP contribution < -0.4 is 10.0 Å². The summed E-state index contributed by atoms with van der Waals surface area (Å²) in [4.78, 5) is 23.7. The molecule has 1 aromatic heterocycles. The van der Waals surface area contributed by atoms with Crippen molar-refractivity contribution in [3.63, 3.8) is 0 Å². The van der Waals surface area contributed by atoms with Gasteiger partial charge in [-0.05, 0) is 31.2 Å². The third kappa shape index (κ3) is 5.55. The van der Waals surface area contributed by atoms with Gasteiger partial charge >= 0.3 is 5.97 Å². The third-order valence-corrected chi connectivity index (χ3v) is 4.79. The summed E-state index contributed by atoms with van der Waals surface area (Å²) < 4.78 is 32.3. The molecule has 0 aliphatic rings. The van der Waals surface area contributed by atoms with Gasteiger partial charge in [0, 0.05) is 24.0 Å². The number of hydrogen-bond acceptors (Lipinski definition) is 6. The fourth-order valence-corrected chi connectivity index (χ4v) is 2.92. The molecule has 0 radical (unpaired) electrons. The van der Waals surface area contributed by atoms with E-state index < -0.39 is 34.5 Å². The molecule has 26 heavy (non-hydrogen) atoms. The second-order valence-corrected chi connectivity index (χ2v) is 7.51. The zero-order valence-electron chi connectivity index (χ0n) is 14.0. The van der Waals surface area contributed by atoms with Crippen molar-refractivity contribution in [1.82, 2.24) is 14.5 Å². The molecule has 2 aromatic rings. The number of halogens is 1. The molecule has 9 nitrogen and oxygen atoms in total. The van der Waals surface area contributed by atoms with Gasteiger partial charge in [0.25, 0.3) is 5.91 Å². The summed E-state index contributed by atoms with van der Waals surface area (Å²) in [5, 5.41) is 6.81. The Morgan fingerprint density at radius 2 is 1.96 bits per heavy atom. The highest BCUT2D eigenvalue weighted by Crippen LogP contribution is 2.14. The van der Waals surface area contributed by atoms with Crippen molar-refractivity contribution in [1.29, 1.82) is 0 Å². The molecule has 0 saturated carbocycles. The minimum Gasteiger partial charge on any atom is -0.452 e. The Labute approximate surface area is 155 Å². The van der Waals surface area contributed by atoms with E-state index in [1.807, 2.05) is 0 Å². The molecule has 1 aromatic carbocycles. The fourth-order valence-electron chi connectivity index (χ4n) is 1.84. The van der Waals surface area contributed by atoms with Crippen molar-refractivity contribution in [2.24, 2.45) is 7.05 Å². The van der Waals surface area contributed by atoms with Gasteiger partial charge in [0.1, 0.15) is 11.4 Å². The highest BCUT2D eigenvalue weighted by molar-refractivity contribution is 7.89. The lowest BCUT2D eigenvalue weighted by molar-refractivity contribution is -0.151. The molecule has 2 N–H and O–H groups in total. The molecule has 0 fully saturated rings. The quantitative estimate of drug-likeness (QED) is 0.667. The van der Waals surface area contributed by atoms with Crippen LogP contribution in [0, 0.1) is 0 Å². The predicted molar refractivity (Wildman–Crippen MR) is 94.0 cm³/mol. The van der Waals surface area contributed by atoms with Crippen LogP contribution in [0.2, 0.25) is 5.02 Å². The van der Waals surface area contributed by atoms with E-state index in [9.17, 15) is 18.0 Å². The molecule has 0 aliphatic heterocycles. The number of aryl methyl sites for hydroxylation is 1. The summed E-state index contributed by atoms with van der Waals surface area (Å²) in [7, 11) is -2.33. The molecule has 0 saturated heterocycles. The first kappa shape index (κ1) is 19.9. The number of nitrogens with one attached hydrogen (secondary N) is 2. The standard InChI is InChI=1S/C15H17ClN4O5S/c1-10(15(22)19-12-5-3-11(16)4-6-12)25-14(21)8-18-26(23,24)13-7-17-20(2)9-13/h3-7,9-10,18H,8H2,1-2H3,(H,19,22). The van der Waals surface area contributed by atoms with Crippen LogP contribution in [0.5, 0.6) is 0 Å². The van der Waals surface area contributed by atoms with Crippen LogP contribution >= 0.6 is 11.6 Å². The highest BCUT2D eigenvalue weighted by Gasteiger charge is 2.21. The molecule has 1 amide bonds. The van der Waals surface area contributed by atoms with Gasteiger partial charge in [-0.1, -0.05) is 11.6 Å². The molecule has 140 valence electrons. The minimum atomic E-state index is -3.89. The number of amides is 1. The van der Waals surface area contributed by atoms with E-state index in [2.05, 4.69) is 15.1 Å². The second kappa shape index (κ2) is 8.30. The Kier molecular flexibility index (Phi) is 6.35. The van der Waals surface area contributed by atoms with E-state index in [1.165, 1.54) is 17.8 Å². The molecule has 0 spiro atoms. The van der Waals surface area contributed by atoms with Gasteiger partial charge in [-0.25, -0.2) is 8.42 Å². The average Bonchev–Trinajstić information content (AvgIpc) is 3.02. The maximum absolute atomic E-state index is 12.0. The van der Waals surface area contributed by atoms with E-state index >= 15 is 0 Å². The van der Waals surface area contributed by atoms with E-state index in [0.29, 0.717) is 10.7 Å². The van der Waals surface area contributed by atoms with Gasteiger partial charge in [0.15, 0.2) is 6.10 Å². The van der Waals surface area contributed by atoms with Gasteiger partial charge < -0.3 is 10.1 Å². The van der Waals surface area contributed by atoms with E-state index in [4.69, 9.17) is 16.3 Å². The van der Waals surface area contributed by atoms with Gasteiger partial charge in [-0.15, -0.1) is 0 Å².